The normalized spacial score (nSPS) is 25.9. The standard InChI is InChI=1S/C13H29N3/c1-5-7-12(14-3)10-16-9-8-15(4)13(6-2)11-16/h12-14H,5-11H2,1-4H3. The quantitative estimate of drug-likeness (QED) is 0.740. The Morgan fingerprint density at radius 3 is 2.62 bits per heavy atom. The third-order valence-corrected chi connectivity index (χ3v) is 3.86. The van der Waals surface area contributed by atoms with Crippen LogP contribution in [-0.4, -0.2) is 62.2 Å². The van der Waals surface area contributed by atoms with E-state index < -0.39 is 0 Å². The highest BCUT2D eigenvalue weighted by Crippen LogP contribution is 2.11. The maximum Gasteiger partial charge on any atom is 0.0218 e. The molecule has 0 aliphatic carbocycles. The van der Waals surface area contributed by atoms with Crippen LogP contribution >= 0.6 is 0 Å². The van der Waals surface area contributed by atoms with Gasteiger partial charge < -0.3 is 10.2 Å². The molecule has 1 saturated heterocycles. The van der Waals surface area contributed by atoms with E-state index >= 15 is 0 Å². The van der Waals surface area contributed by atoms with Gasteiger partial charge in [0, 0.05) is 38.3 Å². The highest BCUT2D eigenvalue weighted by atomic mass is 15.3. The molecule has 0 amide bonds. The highest BCUT2D eigenvalue weighted by molar-refractivity contribution is 4.81. The average Bonchev–Trinajstić information content (AvgIpc) is 2.30. The first-order valence-corrected chi connectivity index (χ1v) is 6.81. The third kappa shape index (κ3) is 4.04. The number of rotatable bonds is 6. The third-order valence-electron chi connectivity index (χ3n) is 3.86. The van der Waals surface area contributed by atoms with Crippen LogP contribution in [0.15, 0.2) is 0 Å². The van der Waals surface area contributed by atoms with Crippen molar-refractivity contribution in [3.63, 3.8) is 0 Å². The fourth-order valence-electron chi connectivity index (χ4n) is 2.60. The lowest BCUT2D eigenvalue weighted by atomic mass is 10.1. The minimum atomic E-state index is 0.672. The van der Waals surface area contributed by atoms with Crippen LogP contribution in [0.4, 0.5) is 0 Å². The summed E-state index contributed by atoms with van der Waals surface area (Å²) in [5, 5.41) is 3.44. The first-order chi connectivity index (χ1) is 7.71. The molecule has 96 valence electrons. The van der Waals surface area contributed by atoms with E-state index in [1.807, 2.05) is 0 Å². The van der Waals surface area contributed by atoms with Gasteiger partial charge in [-0.2, -0.15) is 0 Å². The van der Waals surface area contributed by atoms with Gasteiger partial charge in [0.25, 0.3) is 0 Å². The van der Waals surface area contributed by atoms with E-state index in [1.165, 1.54) is 45.4 Å². The Bertz CT molecular complexity index is 184. The largest absolute Gasteiger partial charge is 0.316 e. The number of hydrogen-bond donors (Lipinski definition) is 1. The van der Waals surface area contributed by atoms with E-state index in [1.54, 1.807) is 0 Å². The van der Waals surface area contributed by atoms with E-state index in [0.29, 0.717) is 6.04 Å². The monoisotopic (exact) mass is 227 g/mol. The summed E-state index contributed by atoms with van der Waals surface area (Å²) in [6.45, 7) is 9.48. The molecule has 1 rings (SSSR count). The van der Waals surface area contributed by atoms with Crippen molar-refractivity contribution in [3.05, 3.63) is 0 Å². The Morgan fingerprint density at radius 1 is 1.31 bits per heavy atom. The van der Waals surface area contributed by atoms with Crippen molar-refractivity contribution in [2.24, 2.45) is 0 Å². The molecule has 2 unspecified atom stereocenters. The molecule has 0 radical (unpaired) electrons. The predicted octanol–water partition coefficient (Wildman–Crippen LogP) is 1.40. The predicted molar refractivity (Wildman–Crippen MR) is 70.9 cm³/mol. The van der Waals surface area contributed by atoms with Crippen LogP contribution in [0, 0.1) is 0 Å². The van der Waals surface area contributed by atoms with Crippen LogP contribution in [0.3, 0.4) is 0 Å². The molecule has 2 atom stereocenters. The summed E-state index contributed by atoms with van der Waals surface area (Å²) in [6, 6.07) is 1.43. The Labute approximate surface area is 101 Å². The van der Waals surface area contributed by atoms with Gasteiger partial charge in [-0.1, -0.05) is 20.3 Å². The van der Waals surface area contributed by atoms with Gasteiger partial charge in [-0.05, 0) is 26.9 Å². The number of hydrogen-bond acceptors (Lipinski definition) is 3. The molecule has 3 nitrogen and oxygen atoms in total. The zero-order valence-electron chi connectivity index (χ0n) is 11.5. The Kier molecular flexibility index (Phi) is 6.32. The summed E-state index contributed by atoms with van der Waals surface area (Å²) in [6.07, 6.45) is 3.83. The van der Waals surface area contributed by atoms with Crippen LogP contribution in [0.25, 0.3) is 0 Å². The molecule has 0 aromatic rings. The summed E-state index contributed by atoms with van der Waals surface area (Å²) in [5.74, 6) is 0. The van der Waals surface area contributed by atoms with Gasteiger partial charge in [0.2, 0.25) is 0 Å². The molecule has 1 aliphatic heterocycles. The maximum atomic E-state index is 3.44. The van der Waals surface area contributed by atoms with Gasteiger partial charge in [0.1, 0.15) is 0 Å². The first kappa shape index (κ1) is 13.9. The lowest BCUT2D eigenvalue weighted by molar-refractivity contribution is 0.0857. The zero-order valence-corrected chi connectivity index (χ0v) is 11.5. The Morgan fingerprint density at radius 2 is 2.06 bits per heavy atom. The molecule has 1 fully saturated rings. The van der Waals surface area contributed by atoms with Crippen LogP contribution in [0.1, 0.15) is 33.1 Å². The van der Waals surface area contributed by atoms with Crippen LogP contribution in [-0.2, 0) is 0 Å². The summed E-state index contributed by atoms with van der Waals surface area (Å²) in [7, 11) is 4.35. The second-order valence-electron chi connectivity index (χ2n) is 5.08. The molecule has 0 bridgehead atoms. The smallest absolute Gasteiger partial charge is 0.0218 e. The summed E-state index contributed by atoms with van der Waals surface area (Å²) < 4.78 is 0. The number of piperazine rings is 1. The van der Waals surface area contributed by atoms with Crippen molar-refractivity contribution < 1.29 is 0 Å². The fraction of sp³-hybridized carbons (Fsp3) is 1.00. The molecule has 1 heterocycles. The second kappa shape index (κ2) is 7.25. The lowest BCUT2D eigenvalue weighted by Gasteiger charge is -2.40. The minimum absolute atomic E-state index is 0.672. The first-order valence-electron chi connectivity index (χ1n) is 6.81. The number of likely N-dealkylation sites (N-methyl/N-ethyl adjacent to an activating group) is 2. The minimum Gasteiger partial charge on any atom is -0.316 e. The summed E-state index contributed by atoms with van der Waals surface area (Å²) in [5.41, 5.74) is 0. The van der Waals surface area contributed by atoms with Crippen molar-refractivity contribution in [1.82, 2.24) is 15.1 Å². The van der Waals surface area contributed by atoms with Gasteiger partial charge in [-0.25, -0.2) is 0 Å². The van der Waals surface area contributed by atoms with Crippen molar-refractivity contribution in [2.75, 3.05) is 40.3 Å². The van der Waals surface area contributed by atoms with Gasteiger partial charge >= 0.3 is 0 Å². The SMILES string of the molecule is CCCC(CN1CCN(C)C(CC)C1)NC. The summed E-state index contributed by atoms with van der Waals surface area (Å²) >= 11 is 0. The molecule has 16 heavy (non-hydrogen) atoms. The average molecular weight is 227 g/mol. The maximum absolute atomic E-state index is 3.44. The zero-order chi connectivity index (χ0) is 12.0. The Balaban J connectivity index is 2.36. The fourth-order valence-corrected chi connectivity index (χ4v) is 2.60. The molecule has 1 N–H and O–H groups in total. The molecular formula is C13H29N3. The Hall–Kier alpha value is -0.120. The van der Waals surface area contributed by atoms with Crippen LogP contribution in [0.5, 0.6) is 0 Å². The topological polar surface area (TPSA) is 18.5 Å². The van der Waals surface area contributed by atoms with E-state index in [-0.39, 0.29) is 0 Å². The van der Waals surface area contributed by atoms with E-state index in [9.17, 15) is 0 Å². The molecule has 3 heteroatoms. The van der Waals surface area contributed by atoms with Crippen molar-refractivity contribution in [1.29, 1.82) is 0 Å². The molecule has 0 aromatic heterocycles. The molecule has 0 aromatic carbocycles. The van der Waals surface area contributed by atoms with Crippen molar-refractivity contribution >= 4 is 0 Å². The van der Waals surface area contributed by atoms with Gasteiger partial charge in [0.15, 0.2) is 0 Å². The molecule has 0 spiro atoms. The second-order valence-corrected chi connectivity index (χ2v) is 5.08. The van der Waals surface area contributed by atoms with E-state index in [4.69, 9.17) is 0 Å². The number of nitrogens with one attached hydrogen (secondary N) is 1. The van der Waals surface area contributed by atoms with Gasteiger partial charge in [0.05, 0.1) is 0 Å². The van der Waals surface area contributed by atoms with Gasteiger partial charge in [-0.3, -0.25) is 4.90 Å². The van der Waals surface area contributed by atoms with Crippen molar-refractivity contribution in [2.45, 2.75) is 45.2 Å². The van der Waals surface area contributed by atoms with Crippen LogP contribution in [0.2, 0.25) is 0 Å². The van der Waals surface area contributed by atoms with Crippen LogP contribution < -0.4 is 5.32 Å². The molecule has 0 saturated carbocycles. The van der Waals surface area contributed by atoms with Gasteiger partial charge in [-0.15, -0.1) is 0 Å². The molecular weight excluding hydrogens is 198 g/mol. The number of nitrogens with zero attached hydrogens (tertiary/aromatic N) is 2. The highest BCUT2D eigenvalue weighted by Gasteiger charge is 2.23. The lowest BCUT2D eigenvalue weighted by Crippen LogP contribution is -2.53. The van der Waals surface area contributed by atoms with E-state index in [0.717, 1.165) is 6.04 Å². The van der Waals surface area contributed by atoms with Crippen molar-refractivity contribution in [3.8, 4) is 0 Å². The molecule has 1 aliphatic rings. The van der Waals surface area contributed by atoms with E-state index in [2.05, 4.69) is 43.1 Å². The summed E-state index contributed by atoms with van der Waals surface area (Å²) in [4.78, 5) is 5.13.